The molecule has 0 amide bonds. The van der Waals surface area contributed by atoms with Crippen LogP contribution in [0.5, 0.6) is 0 Å². The van der Waals surface area contributed by atoms with Crippen LogP contribution in [0.15, 0.2) is 224 Å². The van der Waals surface area contributed by atoms with Crippen LogP contribution in [0.1, 0.15) is 0 Å². The van der Waals surface area contributed by atoms with E-state index >= 15 is 0 Å². The summed E-state index contributed by atoms with van der Waals surface area (Å²) in [7, 11) is 0. The van der Waals surface area contributed by atoms with Gasteiger partial charge in [-0.15, -0.1) is 0 Å². The fraction of sp³-hybridized carbons (Fsp3) is 0. The van der Waals surface area contributed by atoms with Crippen LogP contribution in [-0.2, 0) is 0 Å². The maximum absolute atomic E-state index is 5.11. The molecule has 0 aliphatic rings. The maximum atomic E-state index is 5.11. The van der Waals surface area contributed by atoms with Gasteiger partial charge in [-0.25, -0.2) is 15.0 Å². The van der Waals surface area contributed by atoms with Crippen LogP contribution in [0.2, 0.25) is 0 Å². The van der Waals surface area contributed by atoms with Gasteiger partial charge >= 0.3 is 0 Å². The summed E-state index contributed by atoms with van der Waals surface area (Å²) in [6.07, 6.45) is 0. The number of aromatic nitrogens is 3. The lowest BCUT2D eigenvalue weighted by atomic mass is 9.85. The fourth-order valence-electron chi connectivity index (χ4n) is 8.58. The van der Waals surface area contributed by atoms with Crippen molar-refractivity contribution in [2.45, 2.75) is 0 Å². The second-order valence-corrected chi connectivity index (χ2v) is 15.2. The van der Waals surface area contributed by atoms with Gasteiger partial charge in [-0.1, -0.05) is 188 Å². The second kappa shape index (κ2) is 15.1. The molecular formula is C57H37N3. The Bertz CT molecular complexity index is 3230. The monoisotopic (exact) mass is 763 g/mol. The first-order chi connectivity index (χ1) is 29.7. The molecule has 0 spiro atoms. The smallest absolute Gasteiger partial charge is 0.164 e. The highest BCUT2D eigenvalue weighted by Crippen LogP contribution is 2.44. The molecule has 0 saturated carbocycles. The number of fused-ring (bicyclic) bond motifs is 6. The molecule has 3 nitrogen and oxygen atoms in total. The van der Waals surface area contributed by atoms with Gasteiger partial charge in [0.05, 0.1) is 0 Å². The zero-order valence-electron chi connectivity index (χ0n) is 32.7. The third-order valence-corrected chi connectivity index (χ3v) is 11.5. The van der Waals surface area contributed by atoms with Gasteiger partial charge in [0.15, 0.2) is 17.5 Å². The van der Waals surface area contributed by atoms with E-state index < -0.39 is 0 Å². The van der Waals surface area contributed by atoms with E-state index in [2.05, 4.69) is 164 Å². The number of hydrogen-bond acceptors (Lipinski definition) is 3. The minimum atomic E-state index is 0.628. The molecule has 0 radical (unpaired) electrons. The maximum Gasteiger partial charge on any atom is 0.164 e. The number of nitrogens with zero attached hydrogens (tertiary/aromatic N) is 3. The van der Waals surface area contributed by atoms with Gasteiger partial charge in [0.25, 0.3) is 0 Å². The zero-order chi connectivity index (χ0) is 39.8. The topological polar surface area (TPSA) is 38.7 Å². The third-order valence-electron chi connectivity index (χ3n) is 11.5. The van der Waals surface area contributed by atoms with Gasteiger partial charge in [0, 0.05) is 16.7 Å². The van der Waals surface area contributed by atoms with E-state index in [0.717, 1.165) is 38.9 Å². The van der Waals surface area contributed by atoms with Crippen LogP contribution < -0.4 is 0 Å². The van der Waals surface area contributed by atoms with E-state index in [-0.39, 0.29) is 0 Å². The quantitative estimate of drug-likeness (QED) is 0.152. The van der Waals surface area contributed by atoms with Gasteiger partial charge < -0.3 is 0 Å². The molecule has 60 heavy (non-hydrogen) atoms. The third kappa shape index (κ3) is 6.49. The first kappa shape index (κ1) is 35.2. The van der Waals surface area contributed by atoms with Crippen LogP contribution in [-0.4, -0.2) is 15.0 Å². The van der Waals surface area contributed by atoms with Crippen LogP contribution >= 0.6 is 0 Å². The lowest BCUT2D eigenvalue weighted by Crippen LogP contribution is -2.00. The standard InChI is InChI=1S/C57H37N3/c1-5-18-38(19-6-1)44-33-45(39-20-7-2-8-21-39)35-46(34-44)47-36-52(54-51-31-16-15-29-49(51)48-28-13-14-30-50(48)53(54)37-47)42-26-17-27-43(32-42)57-59-55(40-22-9-3-10-23-40)58-56(60-57)41-24-11-4-12-25-41/h1-37H. The predicted octanol–water partition coefficient (Wildman–Crippen LogP) is 15.0. The second-order valence-electron chi connectivity index (χ2n) is 15.2. The molecule has 1 heterocycles. The summed E-state index contributed by atoms with van der Waals surface area (Å²) >= 11 is 0. The predicted molar refractivity (Wildman–Crippen MR) is 250 cm³/mol. The first-order valence-corrected chi connectivity index (χ1v) is 20.3. The highest BCUT2D eigenvalue weighted by atomic mass is 15.0. The van der Waals surface area contributed by atoms with E-state index in [4.69, 9.17) is 15.0 Å². The van der Waals surface area contributed by atoms with Gasteiger partial charge in [-0.2, -0.15) is 0 Å². The summed E-state index contributed by atoms with van der Waals surface area (Å²) in [6.45, 7) is 0. The molecule has 0 saturated heterocycles. The zero-order valence-corrected chi connectivity index (χ0v) is 32.7. The van der Waals surface area contributed by atoms with Crippen molar-refractivity contribution in [3.05, 3.63) is 224 Å². The minimum absolute atomic E-state index is 0.628. The average Bonchev–Trinajstić information content (AvgIpc) is 3.34. The Hall–Kier alpha value is -8.01. The minimum Gasteiger partial charge on any atom is -0.208 e. The van der Waals surface area contributed by atoms with Gasteiger partial charge in [-0.3, -0.25) is 0 Å². The molecule has 280 valence electrons. The Labute approximate surface area is 349 Å². The summed E-state index contributed by atoms with van der Waals surface area (Å²) in [4.78, 5) is 15.2. The van der Waals surface area contributed by atoms with Gasteiger partial charge in [0.1, 0.15) is 0 Å². The molecule has 0 unspecified atom stereocenters. The average molecular weight is 764 g/mol. The van der Waals surface area contributed by atoms with E-state index in [9.17, 15) is 0 Å². The van der Waals surface area contributed by atoms with E-state index in [1.807, 2.05) is 60.7 Å². The molecule has 0 aliphatic carbocycles. The molecule has 0 fully saturated rings. The van der Waals surface area contributed by atoms with Crippen molar-refractivity contribution >= 4 is 32.3 Å². The molecule has 11 aromatic rings. The Morgan fingerprint density at radius 2 is 0.533 bits per heavy atom. The molecule has 0 aliphatic heterocycles. The van der Waals surface area contributed by atoms with E-state index in [0.29, 0.717) is 17.5 Å². The molecule has 11 rings (SSSR count). The highest BCUT2D eigenvalue weighted by Gasteiger charge is 2.18. The Kier molecular flexibility index (Phi) is 8.83. The van der Waals surface area contributed by atoms with Crippen molar-refractivity contribution < 1.29 is 0 Å². The molecule has 10 aromatic carbocycles. The van der Waals surface area contributed by atoms with Crippen molar-refractivity contribution in [1.82, 2.24) is 15.0 Å². The van der Waals surface area contributed by atoms with Crippen molar-refractivity contribution in [3.8, 4) is 78.7 Å². The van der Waals surface area contributed by atoms with Gasteiger partial charge in [-0.05, 0) is 113 Å². The molecule has 0 atom stereocenters. The Balaban J connectivity index is 1.18. The molecule has 0 bridgehead atoms. The summed E-state index contributed by atoms with van der Waals surface area (Å²) in [5.74, 6) is 1.91. The first-order valence-electron chi connectivity index (χ1n) is 20.3. The largest absolute Gasteiger partial charge is 0.208 e. The van der Waals surface area contributed by atoms with Crippen molar-refractivity contribution in [3.63, 3.8) is 0 Å². The van der Waals surface area contributed by atoms with Crippen LogP contribution in [0, 0.1) is 0 Å². The summed E-state index contributed by atoms with van der Waals surface area (Å²) < 4.78 is 0. The van der Waals surface area contributed by atoms with Crippen molar-refractivity contribution in [2.75, 3.05) is 0 Å². The summed E-state index contributed by atoms with van der Waals surface area (Å²) in [5.41, 5.74) is 12.1. The summed E-state index contributed by atoms with van der Waals surface area (Å²) in [5, 5.41) is 7.36. The number of rotatable bonds is 7. The van der Waals surface area contributed by atoms with Crippen molar-refractivity contribution in [2.24, 2.45) is 0 Å². The normalized spacial score (nSPS) is 11.3. The Morgan fingerprint density at radius 3 is 1.05 bits per heavy atom. The molecular weight excluding hydrogens is 727 g/mol. The lowest BCUT2D eigenvalue weighted by molar-refractivity contribution is 1.07. The van der Waals surface area contributed by atoms with Crippen LogP contribution in [0.3, 0.4) is 0 Å². The molecule has 0 N–H and O–H groups in total. The van der Waals surface area contributed by atoms with Crippen LogP contribution in [0.25, 0.3) is 111 Å². The fourth-order valence-corrected chi connectivity index (χ4v) is 8.58. The van der Waals surface area contributed by atoms with Crippen molar-refractivity contribution in [1.29, 1.82) is 0 Å². The van der Waals surface area contributed by atoms with Crippen LogP contribution in [0.4, 0.5) is 0 Å². The SMILES string of the molecule is c1ccc(-c2cc(-c3ccccc3)cc(-c3cc(-c4cccc(-c5nc(-c6ccccc6)nc(-c6ccccc6)n5)c4)c4c5ccccc5c5ccccc5c4c3)c2)cc1. The molecule has 3 heteroatoms. The highest BCUT2D eigenvalue weighted by molar-refractivity contribution is 6.29. The van der Waals surface area contributed by atoms with E-state index in [1.165, 1.54) is 54.6 Å². The van der Waals surface area contributed by atoms with Gasteiger partial charge in [0.2, 0.25) is 0 Å². The Morgan fingerprint density at radius 1 is 0.200 bits per heavy atom. The summed E-state index contributed by atoms with van der Waals surface area (Å²) in [6, 6.07) is 79.8. The molecule has 1 aromatic heterocycles. The number of hydrogen-bond donors (Lipinski definition) is 0. The lowest BCUT2D eigenvalue weighted by Gasteiger charge is -2.18. The van der Waals surface area contributed by atoms with E-state index in [1.54, 1.807) is 0 Å². The number of benzene rings is 10.